The third-order valence-electron chi connectivity index (χ3n) is 4.00. The number of carbonyl (C=O) groups is 1. The van der Waals surface area contributed by atoms with Crippen molar-refractivity contribution >= 4 is 17.4 Å². The van der Waals surface area contributed by atoms with Crippen molar-refractivity contribution in [1.82, 2.24) is 4.98 Å². The first-order valence-electron chi connectivity index (χ1n) is 6.76. The number of hydrogen-bond donors (Lipinski definition) is 2. The van der Waals surface area contributed by atoms with Gasteiger partial charge in [0.2, 0.25) is 0 Å². The lowest BCUT2D eigenvalue weighted by Crippen LogP contribution is -2.10. The van der Waals surface area contributed by atoms with E-state index in [0.717, 1.165) is 5.92 Å². The van der Waals surface area contributed by atoms with Crippen LogP contribution in [0.4, 0.5) is 0 Å². The number of benzene rings is 1. The van der Waals surface area contributed by atoms with Crippen molar-refractivity contribution in [3.05, 3.63) is 34.5 Å². The number of aromatic nitrogens is 1. The van der Waals surface area contributed by atoms with Crippen LogP contribution in [0.1, 0.15) is 35.7 Å². The number of carboxylic acid groups (broad SMARTS) is 1. The highest BCUT2D eigenvalue weighted by Crippen LogP contribution is 2.34. The van der Waals surface area contributed by atoms with E-state index in [1.54, 1.807) is 5.56 Å². The number of H-pyrrole nitrogens is 1. The zero-order valence-corrected chi connectivity index (χ0v) is 11.8. The average Bonchev–Trinajstić information content (AvgIpc) is 2.74. The Balaban J connectivity index is 0.000000408. The van der Waals surface area contributed by atoms with E-state index in [0.29, 0.717) is 0 Å². The molecule has 1 atom stereocenters. The van der Waals surface area contributed by atoms with E-state index in [9.17, 15) is 0 Å². The number of hydrogen-bond acceptors (Lipinski definition) is 1. The Labute approximate surface area is 113 Å². The van der Waals surface area contributed by atoms with Crippen molar-refractivity contribution in [2.75, 3.05) is 0 Å². The summed E-state index contributed by atoms with van der Waals surface area (Å²) < 4.78 is 0. The van der Waals surface area contributed by atoms with Crippen LogP contribution >= 0.6 is 0 Å². The van der Waals surface area contributed by atoms with Crippen LogP contribution in [0.3, 0.4) is 0 Å². The fourth-order valence-corrected chi connectivity index (χ4v) is 3.03. The van der Waals surface area contributed by atoms with Crippen LogP contribution in [0.15, 0.2) is 12.1 Å². The molecule has 3 nitrogen and oxygen atoms in total. The topological polar surface area (TPSA) is 53.1 Å². The van der Waals surface area contributed by atoms with E-state index >= 15 is 0 Å². The van der Waals surface area contributed by atoms with Crippen LogP contribution < -0.4 is 0 Å². The predicted molar refractivity (Wildman–Crippen MR) is 77.7 cm³/mol. The van der Waals surface area contributed by atoms with E-state index in [4.69, 9.17) is 9.90 Å². The Hall–Kier alpha value is -1.77. The first-order valence-corrected chi connectivity index (χ1v) is 6.76. The highest BCUT2D eigenvalue weighted by molar-refractivity contribution is 5.90. The maximum Gasteiger partial charge on any atom is 0.290 e. The van der Waals surface area contributed by atoms with Crippen LogP contribution in [-0.2, 0) is 17.6 Å². The molecule has 3 heteroatoms. The molecule has 2 N–H and O–H groups in total. The number of fused-ring (bicyclic) bond motifs is 3. The summed E-state index contributed by atoms with van der Waals surface area (Å²) in [5.74, 6) is 0.834. The molecular formula is C16H21NO2. The minimum Gasteiger partial charge on any atom is -0.483 e. The van der Waals surface area contributed by atoms with Crippen molar-refractivity contribution in [2.24, 2.45) is 5.92 Å². The quantitative estimate of drug-likeness (QED) is 0.710. The van der Waals surface area contributed by atoms with Crippen LogP contribution in [0.5, 0.6) is 0 Å². The molecule has 1 aliphatic carbocycles. The SMILES string of the molecule is Cc1ccc(C)c2c3c([nH]c12)CC(C)CC3.O=CO. The maximum absolute atomic E-state index is 8.36. The van der Waals surface area contributed by atoms with Crippen LogP contribution in [0.25, 0.3) is 10.9 Å². The fraction of sp³-hybridized carbons (Fsp3) is 0.438. The number of aromatic amines is 1. The molecule has 1 aromatic carbocycles. The lowest BCUT2D eigenvalue weighted by atomic mass is 9.87. The van der Waals surface area contributed by atoms with Gasteiger partial charge in [0.1, 0.15) is 0 Å². The van der Waals surface area contributed by atoms with Crippen molar-refractivity contribution in [3.8, 4) is 0 Å². The first kappa shape index (κ1) is 13.7. The second-order valence-electron chi connectivity index (χ2n) is 5.48. The third kappa shape index (κ3) is 2.50. The molecule has 1 heterocycles. The summed E-state index contributed by atoms with van der Waals surface area (Å²) in [5.41, 5.74) is 7.26. The zero-order valence-electron chi connectivity index (χ0n) is 11.8. The normalized spacial score (nSPS) is 17.5. The molecule has 0 fully saturated rings. The molecule has 1 aromatic heterocycles. The standard InChI is InChI=1S/C15H19N.CH2O2/c1-9-4-7-12-13(8-9)16-15-11(3)6-5-10(2)14(12)15;2-1-3/h5-6,9,16H,4,7-8H2,1-3H3;1H,(H,2,3). The van der Waals surface area contributed by atoms with Gasteiger partial charge in [-0.1, -0.05) is 19.1 Å². The Morgan fingerprint density at radius 3 is 2.63 bits per heavy atom. The Morgan fingerprint density at radius 1 is 1.32 bits per heavy atom. The summed E-state index contributed by atoms with van der Waals surface area (Å²) in [6, 6.07) is 4.48. The van der Waals surface area contributed by atoms with Gasteiger partial charge in [-0.25, -0.2) is 0 Å². The second kappa shape index (κ2) is 5.47. The van der Waals surface area contributed by atoms with Crippen LogP contribution in [0.2, 0.25) is 0 Å². The summed E-state index contributed by atoms with van der Waals surface area (Å²) >= 11 is 0. The molecule has 0 spiro atoms. The Kier molecular flexibility index (Phi) is 3.93. The number of rotatable bonds is 0. The summed E-state index contributed by atoms with van der Waals surface area (Å²) in [6.07, 6.45) is 3.82. The first-order chi connectivity index (χ1) is 9.08. The maximum atomic E-state index is 8.36. The molecule has 1 unspecified atom stereocenters. The number of aryl methyl sites for hydroxylation is 3. The van der Waals surface area contributed by atoms with E-state index < -0.39 is 0 Å². The van der Waals surface area contributed by atoms with Crippen molar-refractivity contribution in [2.45, 2.75) is 40.0 Å². The van der Waals surface area contributed by atoms with Gasteiger partial charge >= 0.3 is 0 Å². The summed E-state index contributed by atoms with van der Waals surface area (Å²) in [4.78, 5) is 12.0. The fourth-order valence-electron chi connectivity index (χ4n) is 3.03. The minimum atomic E-state index is -0.250. The Morgan fingerprint density at radius 2 is 1.95 bits per heavy atom. The molecule has 0 bridgehead atoms. The van der Waals surface area contributed by atoms with Gasteiger partial charge in [-0.15, -0.1) is 0 Å². The average molecular weight is 259 g/mol. The largest absolute Gasteiger partial charge is 0.483 e. The van der Waals surface area contributed by atoms with Gasteiger partial charge in [-0.2, -0.15) is 0 Å². The van der Waals surface area contributed by atoms with Crippen LogP contribution in [0, 0.1) is 19.8 Å². The monoisotopic (exact) mass is 259 g/mol. The molecule has 0 radical (unpaired) electrons. The lowest BCUT2D eigenvalue weighted by molar-refractivity contribution is -0.122. The van der Waals surface area contributed by atoms with E-state index in [2.05, 4.69) is 37.9 Å². The third-order valence-corrected chi connectivity index (χ3v) is 4.00. The lowest BCUT2D eigenvalue weighted by Gasteiger charge is -2.18. The number of nitrogens with one attached hydrogen (secondary N) is 1. The van der Waals surface area contributed by atoms with Crippen LogP contribution in [-0.4, -0.2) is 16.6 Å². The van der Waals surface area contributed by atoms with Crippen molar-refractivity contribution < 1.29 is 9.90 Å². The van der Waals surface area contributed by atoms with Gasteiger partial charge in [0, 0.05) is 16.6 Å². The van der Waals surface area contributed by atoms with Gasteiger partial charge in [-0.05, 0) is 55.7 Å². The summed E-state index contributed by atoms with van der Waals surface area (Å²) in [5, 5.41) is 8.39. The van der Waals surface area contributed by atoms with E-state index in [-0.39, 0.29) is 6.47 Å². The van der Waals surface area contributed by atoms with Gasteiger partial charge < -0.3 is 10.1 Å². The zero-order chi connectivity index (χ0) is 14.0. The van der Waals surface area contributed by atoms with Crippen molar-refractivity contribution in [3.63, 3.8) is 0 Å². The molecule has 19 heavy (non-hydrogen) atoms. The molecular weight excluding hydrogens is 238 g/mol. The Bertz CT molecular complexity index is 598. The molecule has 102 valence electrons. The van der Waals surface area contributed by atoms with Gasteiger partial charge in [0.25, 0.3) is 6.47 Å². The van der Waals surface area contributed by atoms with Gasteiger partial charge in [0.05, 0.1) is 0 Å². The molecule has 1 aliphatic rings. The molecule has 2 aromatic rings. The molecule has 0 aliphatic heterocycles. The summed E-state index contributed by atoms with van der Waals surface area (Å²) in [6.45, 7) is 6.54. The van der Waals surface area contributed by atoms with E-state index in [1.165, 1.54) is 47.0 Å². The highest BCUT2D eigenvalue weighted by atomic mass is 16.3. The highest BCUT2D eigenvalue weighted by Gasteiger charge is 2.20. The second-order valence-corrected chi connectivity index (χ2v) is 5.48. The molecule has 0 saturated carbocycles. The van der Waals surface area contributed by atoms with Crippen molar-refractivity contribution in [1.29, 1.82) is 0 Å². The molecule has 0 amide bonds. The van der Waals surface area contributed by atoms with Gasteiger partial charge in [0.15, 0.2) is 0 Å². The molecule has 3 rings (SSSR count). The molecule has 0 saturated heterocycles. The van der Waals surface area contributed by atoms with Gasteiger partial charge in [-0.3, -0.25) is 4.79 Å². The van der Waals surface area contributed by atoms with E-state index in [1.807, 2.05) is 0 Å². The minimum absolute atomic E-state index is 0.250. The summed E-state index contributed by atoms with van der Waals surface area (Å²) in [7, 11) is 0. The smallest absolute Gasteiger partial charge is 0.290 e. The predicted octanol–water partition coefficient (Wildman–Crippen LogP) is 3.61.